The van der Waals surface area contributed by atoms with Gasteiger partial charge in [-0.15, -0.1) is 11.3 Å². The quantitative estimate of drug-likeness (QED) is 0.750. The van der Waals surface area contributed by atoms with Crippen LogP contribution in [0.2, 0.25) is 0 Å². The van der Waals surface area contributed by atoms with E-state index in [0.29, 0.717) is 6.04 Å². The number of thiazole rings is 1. The first-order valence-electron chi connectivity index (χ1n) is 5.75. The van der Waals surface area contributed by atoms with Crippen LogP contribution in [-0.4, -0.2) is 11.5 Å². The summed E-state index contributed by atoms with van der Waals surface area (Å²) in [6.07, 6.45) is 4.51. The maximum atomic E-state index is 4.39. The highest BCUT2D eigenvalue weighted by atomic mass is 32.1. The molecule has 0 fully saturated rings. The maximum absolute atomic E-state index is 4.39. The zero-order chi connectivity index (χ0) is 11.3. The molecule has 0 aromatic carbocycles. The molecule has 0 saturated heterocycles. The smallest absolute Gasteiger partial charge is 0.109 e. The van der Waals surface area contributed by atoms with E-state index in [4.69, 9.17) is 0 Å². The Kier molecular flexibility index (Phi) is 5.26. The van der Waals surface area contributed by atoms with Gasteiger partial charge >= 0.3 is 0 Å². The van der Waals surface area contributed by atoms with E-state index in [1.807, 2.05) is 6.20 Å². The van der Waals surface area contributed by atoms with Crippen LogP contribution in [0.25, 0.3) is 0 Å². The van der Waals surface area contributed by atoms with E-state index >= 15 is 0 Å². The van der Waals surface area contributed by atoms with Crippen LogP contribution in [0, 0.1) is 12.8 Å². The second-order valence-corrected chi connectivity index (χ2v) is 5.79. The van der Waals surface area contributed by atoms with Crippen molar-refractivity contribution < 1.29 is 0 Å². The van der Waals surface area contributed by atoms with Crippen LogP contribution in [0.5, 0.6) is 0 Å². The zero-order valence-corrected chi connectivity index (χ0v) is 11.0. The molecule has 2 nitrogen and oxygen atoms in total. The summed E-state index contributed by atoms with van der Waals surface area (Å²) in [6, 6.07) is 0.399. The third kappa shape index (κ3) is 4.76. The summed E-state index contributed by atoms with van der Waals surface area (Å²) < 4.78 is 0. The predicted octanol–water partition coefficient (Wildman–Crippen LogP) is 3.54. The minimum absolute atomic E-state index is 0.399. The average Bonchev–Trinajstić information content (AvgIpc) is 2.59. The predicted molar refractivity (Wildman–Crippen MR) is 67.3 cm³/mol. The summed E-state index contributed by atoms with van der Waals surface area (Å²) in [4.78, 5) is 5.68. The molecule has 1 heterocycles. The first-order valence-corrected chi connectivity index (χ1v) is 6.57. The van der Waals surface area contributed by atoms with Crippen LogP contribution in [0.4, 0.5) is 0 Å². The average molecular weight is 226 g/mol. The summed E-state index contributed by atoms with van der Waals surface area (Å²) in [5.74, 6) is 0.809. The second kappa shape index (κ2) is 6.23. The molecule has 0 bridgehead atoms. The largest absolute Gasteiger partial charge is 0.308 e. The molecule has 1 atom stereocenters. The Morgan fingerprint density at radius 1 is 1.40 bits per heavy atom. The van der Waals surface area contributed by atoms with Gasteiger partial charge in [0, 0.05) is 11.1 Å². The Balaban J connectivity index is 2.21. The van der Waals surface area contributed by atoms with Crippen LogP contribution in [0.15, 0.2) is 6.20 Å². The number of aromatic nitrogens is 1. The van der Waals surface area contributed by atoms with Gasteiger partial charge in [0.05, 0.1) is 6.04 Å². The molecular weight excluding hydrogens is 204 g/mol. The molecule has 15 heavy (non-hydrogen) atoms. The van der Waals surface area contributed by atoms with Crippen molar-refractivity contribution in [3.63, 3.8) is 0 Å². The molecule has 1 rings (SSSR count). The molecule has 1 aromatic rings. The van der Waals surface area contributed by atoms with E-state index in [-0.39, 0.29) is 0 Å². The third-order valence-electron chi connectivity index (χ3n) is 2.42. The van der Waals surface area contributed by atoms with Crippen molar-refractivity contribution in [1.29, 1.82) is 0 Å². The first kappa shape index (κ1) is 12.7. The van der Waals surface area contributed by atoms with Crippen molar-refractivity contribution in [2.45, 2.75) is 46.6 Å². The molecule has 1 unspecified atom stereocenters. The van der Waals surface area contributed by atoms with Crippen molar-refractivity contribution in [3.05, 3.63) is 16.1 Å². The van der Waals surface area contributed by atoms with Crippen LogP contribution >= 0.6 is 11.3 Å². The number of hydrogen-bond donors (Lipinski definition) is 1. The van der Waals surface area contributed by atoms with E-state index in [1.165, 1.54) is 22.7 Å². The minimum atomic E-state index is 0.399. The van der Waals surface area contributed by atoms with E-state index in [2.05, 4.69) is 38.0 Å². The van der Waals surface area contributed by atoms with E-state index in [1.54, 1.807) is 11.3 Å². The lowest BCUT2D eigenvalue weighted by atomic mass is 10.1. The van der Waals surface area contributed by atoms with Gasteiger partial charge in [0.25, 0.3) is 0 Å². The fourth-order valence-electron chi connectivity index (χ4n) is 1.49. The monoisotopic (exact) mass is 226 g/mol. The summed E-state index contributed by atoms with van der Waals surface area (Å²) >= 11 is 1.79. The molecule has 3 heteroatoms. The van der Waals surface area contributed by atoms with E-state index < -0.39 is 0 Å². The molecule has 0 aliphatic heterocycles. The number of nitrogens with zero attached hydrogens (tertiary/aromatic N) is 1. The third-order valence-corrected chi connectivity index (χ3v) is 3.51. The van der Waals surface area contributed by atoms with Crippen LogP contribution in [0.3, 0.4) is 0 Å². The number of rotatable bonds is 6. The Morgan fingerprint density at radius 2 is 2.13 bits per heavy atom. The van der Waals surface area contributed by atoms with Crippen molar-refractivity contribution in [2.24, 2.45) is 5.92 Å². The van der Waals surface area contributed by atoms with Gasteiger partial charge in [-0.1, -0.05) is 13.8 Å². The number of nitrogens with one attached hydrogen (secondary N) is 1. The molecule has 1 aromatic heterocycles. The highest BCUT2D eigenvalue weighted by Gasteiger charge is 2.07. The van der Waals surface area contributed by atoms with Gasteiger partial charge in [-0.3, -0.25) is 0 Å². The van der Waals surface area contributed by atoms with Gasteiger partial charge in [0.2, 0.25) is 0 Å². The molecule has 0 radical (unpaired) electrons. The summed E-state index contributed by atoms with van der Waals surface area (Å²) in [5.41, 5.74) is 0. The molecule has 0 saturated carbocycles. The van der Waals surface area contributed by atoms with Crippen molar-refractivity contribution >= 4 is 11.3 Å². The molecule has 86 valence electrons. The molecule has 0 spiro atoms. The van der Waals surface area contributed by atoms with Gasteiger partial charge in [-0.05, 0) is 39.2 Å². The summed E-state index contributed by atoms with van der Waals surface area (Å²) in [6.45, 7) is 9.93. The first-order chi connectivity index (χ1) is 7.09. The van der Waals surface area contributed by atoms with Crippen LogP contribution in [-0.2, 0) is 0 Å². The van der Waals surface area contributed by atoms with Gasteiger partial charge in [-0.2, -0.15) is 0 Å². The fraction of sp³-hybridized carbons (Fsp3) is 0.750. The fourth-order valence-corrected chi connectivity index (χ4v) is 2.29. The number of hydrogen-bond acceptors (Lipinski definition) is 3. The van der Waals surface area contributed by atoms with Crippen molar-refractivity contribution in [2.75, 3.05) is 6.54 Å². The standard InChI is InChI=1S/C12H22N2S/c1-9(2)6-5-7-13-11(4)12-14-8-10(3)15-12/h8-9,11,13H,5-7H2,1-4H3. The SMILES string of the molecule is Cc1cnc(C(C)NCCCC(C)C)s1. The normalized spacial score (nSPS) is 13.4. The second-order valence-electron chi connectivity index (χ2n) is 4.52. The Bertz CT molecular complexity index is 281. The lowest BCUT2D eigenvalue weighted by molar-refractivity contribution is 0.497. The highest BCUT2D eigenvalue weighted by molar-refractivity contribution is 7.11. The summed E-state index contributed by atoms with van der Waals surface area (Å²) in [7, 11) is 0. The highest BCUT2D eigenvalue weighted by Crippen LogP contribution is 2.18. The van der Waals surface area contributed by atoms with Gasteiger partial charge < -0.3 is 5.32 Å². The molecule has 0 aliphatic rings. The Morgan fingerprint density at radius 3 is 2.67 bits per heavy atom. The van der Waals surface area contributed by atoms with E-state index in [9.17, 15) is 0 Å². The van der Waals surface area contributed by atoms with Crippen LogP contribution < -0.4 is 5.32 Å². The van der Waals surface area contributed by atoms with Gasteiger partial charge in [0.1, 0.15) is 5.01 Å². The summed E-state index contributed by atoms with van der Waals surface area (Å²) in [5, 5.41) is 4.72. The topological polar surface area (TPSA) is 24.9 Å². The van der Waals surface area contributed by atoms with Crippen LogP contribution in [0.1, 0.15) is 49.5 Å². The Labute approximate surface area is 97.1 Å². The zero-order valence-electron chi connectivity index (χ0n) is 10.2. The van der Waals surface area contributed by atoms with Crippen molar-refractivity contribution in [1.82, 2.24) is 10.3 Å². The minimum Gasteiger partial charge on any atom is -0.308 e. The lowest BCUT2D eigenvalue weighted by Gasteiger charge is -2.11. The molecular formula is C12H22N2S. The molecule has 1 N–H and O–H groups in total. The van der Waals surface area contributed by atoms with Crippen molar-refractivity contribution in [3.8, 4) is 0 Å². The Hall–Kier alpha value is -0.410. The lowest BCUT2D eigenvalue weighted by Crippen LogP contribution is -2.19. The molecule has 0 amide bonds. The van der Waals surface area contributed by atoms with Gasteiger partial charge in [0.15, 0.2) is 0 Å². The van der Waals surface area contributed by atoms with E-state index in [0.717, 1.165) is 12.5 Å². The maximum Gasteiger partial charge on any atom is 0.109 e. The molecule has 0 aliphatic carbocycles. The van der Waals surface area contributed by atoms with Gasteiger partial charge in [-0.25, -0.2) is 4.98 Å². The number of aryl methyl sites for hydroxylation is 1.